The summed E-state index contributed by atoms with van der Waals surface area (Å²) in [5.74, 6) is -0.259. The van der Waals surface area contributed by atoms with Crippen LogP contribution in [-0.2, 0) is 13.1 Å². The Balaban J connectivity index is 1.91. The van der Waals surface area contributed by atoms with E-state index in [1.807, 2.05) is 5.38 Å². The first kappa shape index (κ1) is 13.0. The Kier molecular flexibility index (Phi) is 4.56. The van der Waals surface area contributed by atoms with E-state index >= 15 is 0 Å². The molecule has 1 aromatic carbocycles. The van der Waals surface area contributed by atoms with Crippen molar-refractivity contribution in [2.24, 2.45) is 0 Å². The molecular formula is C12H10BrClFNS. The maximum atomic E-state index is 13.0. The molecule has 2 rings (SSSR count). The second-order valence-electron chi connectivity index (χ2n) is 3.57. The van der Waals surface area contributed by atoms with E-state index in [1.54, 1.807) is 17.4 Å². The Hall–Kier alpha value is -0.420. The summed E-state index contributed by atoms with van der Waals surface area (Å²) >= 11 is 11.0. The number of hydrogen-bond donors (Lipinski definition) is 1. The predicted molar refractivity (Wildman–Crippen MR) is 74.0 cm³/mol. The highest BCUT2D eigenvalue weighted by atomic mass is 79.9. The molecule has 1 N–H and O–H groups in total. The summed E-state index contributed by atoms with van der Waals surface area (Å²) in [4.78, 5) is 1.23. The normalized spacial score (nSPS) is 10.8. The van der Waals surface area contributed by atoms with Crippen molar-refractivity contribution in [3.63, 3.8) is 0 Å². The molecule has 0 atom stereocenters. The molecule has 0 radical (unpaired) electrons. The Labute approximate surface area is 117 Å². The molecule has 90 valence electrons. The molecule has 5 heteroatoms. The first-order chi connectivity index (χ1) is 8.15. The molecule has 0 amide bonds. The van der Waals surface area contributed by atoms with Crippen LogP contribution < -0.4 is 5.32 Å². The lowest BCUT2D eigenvalue weighted by Gasteiger charge is -2.05. The summed E-state index contributed by atoms with van der Waals surface area (Å²) in [6.07, 6.45) is 0. The van der Waals surface area contributed by atoms with E-state index in [0.717, 1.165) is 16.6 Å². The van der Waals surface area contributed by atoms with Crippen LogP contribution in [-0.4, -0.2) is 0 Å². The molecule has 1 aromatic heterocycles. The van der Waals surface area contributed by atoms with Crippen LogP contribution in [0.2, 0.25) is 5.02 Å². The van der Waals surface area contributed by atoms with Crippen molar-refractivity contribution >= 4 is 38.9 Å². The van der Waals surface area contributed by atoms with E-state index < -0.39 is 0 Å². The lowest BCUT2D eigenvalue weighted by molar-refractivity contribution is 0.620. The molecule has 0 aliphatic heterocycles. The zero-order valence-corrected chi connectivity index (χ0v) is 12.0. The number of rotatable bonds is 4. The fourth-order valence-electron chi connectivity index (χ4n) is 1.45. The topological polar surface area (TPSA) is 12.0 Å². The lowest BCUT2D eigenvalue weighted by Crippen LogP contribution is -2.12. The summed E-state index contributed by atoms with van der Waals surface area (Å²) in [6.45, 7) is 1.31. The Bertz CT molecular complexity index is 515. The van der Waals surface area contributed by atoms with E-state index in [0.29, 0.717) is 11.6 Å². The van der Waals surface area contributed by atoms with Gasteiger partial charge in [0.1, 0.15) is 5.82 Å². The van der Waals surface area contributed by atoms with Gasteiger partial charge in [-0.3, -0.25) is 0 Å². The third-order valence-electron chi connectivity index (χ3n) is 2.24. The van der Waals surface area contributed by atoms with E-state index in [9.17, 15) is 4.39 Å². The zero-order chi connectivity index (χ0) is 12.3. The second-order valence-corrected chi connectivity index (χ2v) is 5.89. The molecule has 0 fully saturated rings. The first-order valence-electron chi connectivity index (χ1n) is 5.03. The van der Waals surface area contributed by atoms with Crippen molar-refractivity contribution in [2.75, 3.05) is 0 Å². The number of hydrogen-bond acceptors (Lipinski definition) is 2. The van der Waals surface area contributed by atoms with Gasteiger partial charge in [-0.15, -0.1) is 11.3 Å². The number of halogens is 3. The number of benzene rings is 1. The Morgan fingerprint density at radius 2 is 2.12 bits per heavy atom. The molecule has 0 aliphatic carbocycles. The van der Waals surface area contributed by atoms with Crippen molar-refractivity contribution < 1.29 is 4.39 Å². The minimum Gasteiger partial charge on any atom is -0.308 e. The van der Waals surface area contributed by atoms with Crippen molar-refractivity contribution in [3.8, 4) is 0 Å². The average Bonchev–Trinajstić information content (AvgIpc) is 2.69. The van der Waals surface area contributed by atoms with Crippen molar-refractivity contribution in [1.29, 1.82) is 0 Å². The summed E-state index contributed by atoms with van der Waals surface area (Å²) < 4.78 is 14.1. The minimum absolute atomic E-state index is 0.259. The van der Waals surface area contributed by atoms with Crippen LogP contribution >= 0.6 is 38.9 Å². The number of nitrogens with one attached hydrogen (secondary N) is 1. The van der Waals surface area contributed by atoms with Crippen molar-refractivity contribution in [1.82, 2.24) is 5.32 Å². The van der Waals surface area contributed by atoms with Crippen molar-refractivity contribution in [3.05, 3.63) is 55.4 Å². The molecule has 0 unspecified atom stereocenters. The van der Waals surface area contributed by atoms with Crippen LogP contribution in [0.4, 0.5) is 4.39 Å². The third-order valence-corrected chi connectivity index (χ3v) is 4.31. The standard InChI is InChI=1S/C12H10BrClFNS/c13-9-4-11(17-7-9)6-16-5-8-3-10(15)1-2-12(8)14/h1-4,7,16H,5-6H2. The van der Waals surface area contributed by atoms with E-state index in [-0.39, 0.29) is 5.82 Å². The molecule has 0 saturated heterocycles. The molecule has 1 nitrogen and oxygen atoms in total. The third kappa shape index (κ3) is 3.78. The van der Waals surface area contributed by atoms with Crippen LogP contribution in [0.25, 0.3) is 0 Å². The Morgan fingerprint density at radius 1 is 1.29 bits per heavy atom. The van der Waals surface area contributed by atoms with Gasteiger partial charge in [0.05, 0.1) is 0 Å². The predicted octanol–water partition coefficient (Wildman–Crippen LogP) is 4.59. The van der Waals surface area contributed by atoms with Gasteiger partial charge in [0.15, 0.2) is 0 Å². The molecule has 1 heterocycles. The lowest BCUT2D eigenvalue weighted by atomic mass is 10.2. The minimum atomic E-state index is -0.259. The maximum Gasteiger partial charge on any atom is 0.123 e. The van der Waals surface area contributed by atoms with Crippen molar-refractivity contribution in [2.45, 2.75) is 13.1 Å². The second kappa shape index (κ2) is 5.96. The van der Waals surface area contributed by atoms with Gasteiger partial charge in [-0.1, -0.05) is 11.6 Å². The van der Waals surface area contributed by atoms with Gasteiger partial charge in [0.2, 0.25) is 0 Å². The molecule has 0 bridgehead atoms. The van der Waals surface area contributed by atoms with Gasteiger partial charge in [-0.25, -0.2) is 4.39 Å². The van der Waals surface area contributed by atoms with Gasteiger partial charge in [-0.2, -0.15) is 0 Å². The summed E-state index contributed by atoms with van der Waals surface area (Å²) in [5, 5.41) is 5.86. The average molecular weight is 335 g/mol. The summed E-state index contributed by atoms with van der Waals surface area (Å²) in [5.41, 5.74) is 0.780. The maximum absolute atomic E-state index is 13.0. The Morgan fingerprint density at radius 3 is 2.82 bits per heavy atom. The van der Waals surface area contributed by atoms with Gasteiger partial charge in [0.25, 0.3) is 0 Å². The molecular weight excluding hydrogens is 325 g/mol. The van der Waals surface area contributed by atoms with Gasteiger partial charge in [0, 0.05) is 32.8 Å². The highest BCUT2D eigenvalue weighted by Gasteiger charge is 2.02. The molecule has 17 heavy (non-hydrogen) atoms. The largest absolute Gasteiger partial charge is 0.308 e. The van der Waals surface area contributed by atoms with E-state index in [2.05, 4.69) is 27.3 Å². The molecule has 0 aliphatic rings. The van der Waals surface area contributed by atoms with E-state index in [1.165, 1.54) is 17.0 Å². The highest BCUT2D eigenvalue weighted by molar-refractivity contribution is 9.10. The molecule has 0 saturated carbocycles. The first-order valence-corrected chi connectivity index (χ1v) is 7.08. The van der Waals surface area contributed by atoms with Gasteiger partial charge < -0.3 is 5.32 Å². The highest BCUT2D eigenvalue weighted by Crippen LogP contribution is 2.20. The SMILES string of the molecule is Fc1ccc(Cl)c(CNCc2cc(Br)cs2)c1. The fourth-order valence-corrected chi connectivity index (χ4v) is 3.05. The van der Waals surface area contributed by atoms with Gasteiger partial charge >= 0.3 is 0 Å². The zero-order valence-electron chi connectivity index (χ0n) is 8.84. The van der Waals surface area contributed by atoms with Gasteiger partial charge in [-0.05, 0) is 45.8 Å². The van der Waals surface area contributed by atoms with Crippen LogP contribution in [0.1, 0.15) is 10.4 Å². The smallest absolute Gasteiger partial charge is 0.123 e. The van der Waals surface area contributed by atoms with E-state index in [4.69, 9.17) is 11.6 Å². The fraction of sp³-hybridized carbons (Fsp3) is 0.167. The van der Waals surface area contributed by atoms with Crippen LogP contribution in [0.5, 0.6) is 0 Å². The quantitative estimate of drug-likeness (QED) is 0.862. The summed E-state index contributed by atoms with van der Waals surface area (Å²) in [7, 11) is 0. The van der Waals surface area contributed by atoms with Crippen LogP contribution in [0.3, 0.4) is 0 Å². The molecule has 2 aromatic rings. The van der Waals surface area contributed by atoms with Crippen LogP contribution in [0.15, 0.2) is 34.1 Å². The number of thiophene rings is 1. The van der Waals surface area contributed by atoms with Crippen LogP contribution in [0, 0.1) is 5.82 Å². The monoisotopic (exact) mass is 333 g/mol. The summed E-state index contributed by atoms with van der Waals surface area (Å²) in [6, 6.07) is 6.46. The molecule has 0 spiro atoms.